The molecule has 0 saturated carbocycles. The van der Waals surface area contributed by atoms with Crippen molar-refractivity contribution in [2.75, 3.05) is 26.3 Å². The highest BCUT2D eigenvalue weighted by atomic mass is 19.1. The van der Waals surface area contributed by atoms with Crippen LogP contribution in [-0.4, -0.2) is 31.2 Å². The van der Waals surface area contributed by atoms with E-state index in [9.17, 15) is 4.39 Å². The highest BCUT2D eigenvalue weighted by Crippen LogP contribution is 2.40. The third kappa shape index (κ3) is 5.32. The van der Waals surface area contributed by atoms with E-state index in [-0.39, 0.29) is 6.67 Å². The predicted octanol–water partition coefficient (Wildman–Crippen LogP) is 7.55. The third-order valence-electron chi connectivity index (χ3n) is 7.80. The molecule has 0 radical (unpaired) electrons. The number of likely N-dealkylation sites (tertiary alicyclic amines) is 1. The Balaban J connectivity index is 1.41. The van der Waals surface area contributed by atoms with E-state index in [1.54, 1.807) is 11.1 Å². The molecule has 2 aromatic rings. The van der Waals surface area contributed by atoms with Gasteiger partial charge in [0.2, 0.25) is 0 Å². The van der Waals surface area contributed by atoms with Crippen LogP contribution in [0, 0.1) is 5.92 Å². The molecule has 1 nitrogen and oxygen atoms in total. The average Bonchev–Trinajstić information content (AvgIpc) is 3.20. The van der Waals surface area contributed by atoms with Crippen molar-refractivity contribution in [3.8, 4) is 0 Å². The summed E-state index contributed by atoms with van der Waals surface area (Å²) < 4.78 is 12.4. The van der Waals surface area contributed by atoms with E-state index in [0.29, 0.717) is 6.42 Å². The summed E-state index contributed by atoms with van der Waals surface area (Å²) in [5, 5.41) is 0. The minimum atomic E-state index is -0.194. The van der Waals surface area contributed by atoms with Crippen LogP contribution in [0.2, 0.25) is 0 Å². The summed E-state index contributed by atoms with van der Waals surface area (Å²) in [7, 11) is 0. The Morgan fingerprint density at radius 2 is 1.70 bits per heavy atom. The van der Waals surface area contributed by atoms with E-state index in [0.717, 1.165) is 32.0 Å². The molecule has 0 bridgehead atoms. The average molecular weight is 444 g/mol. The number of hydrogen-bond acceptors (Lipinski definition) is 1. The van der Waals surface area contributed by atoms with Crippen molar-refractivity contribution >= 4 is 5.57 Å². The van der Waals surface area contributed by atoms with Crippen LogP contribution in [0.25, 0.3) is 5.57 Å². The van der Waals surface area contributed by atoms with Crippen LogP contribution < -0.4 is 0 Å². The van der Waals surface area contributed by atoms with Crippen molar-refractivity contribution in [1.29, 1.82) is 0 Å². The molecule has 1 heterocycles. The van der Waals surface area contributed by atoms with Crippen molar-refractivity contribution in [3.05, 3.63) is 88.0 Å². The van der Waals surface area contributed by atoms with Gasteiger partial charge in [0.05, 0.1) is 6.67 Å². The molecule has 2 aromatic carbocycles. The molecule has 0 aromatic heterocycles. The summed E-state index contributed by atoms with van der Waals surface area (Å²) >= 11 is 0. The number of aryl methyl sites for hydroxylation is 1. The Kier molecular flexibility index (Phi) is 7.41. The second-order valence-electron chi connectivity index (χ2n) is 10.3. The Bertz CT molecular complexity index is 994. The topological polar surface area (TPSA) is 3.24 Å². The van der Waals surface area contributed by atoms with Gasteiger partial charge in [0.1, 0.15) is 0 Å². The molecule has 33 heavy (non-hydrogen) atoms. The minimum Gasteiger partial charge on any atom is -0.303 e. The summed E-state index contributed by atoms with van der Waals surface area (Å²) in [6.07, 6.45) is 14.5. The first-order valence-corrected chi connectivity index (χ1v) is 13.2. The maximum Gasteiger partial charge on any atom is 0.0906 e. The van der Waals surface area contributed by atoms with Crippen LogP contribution in [0.4, 0.5) is 4.39 Å². The highest BCUT2D eigenvalue weighted by Gasteiger charge is 2.26. The molecule has 174 valence electrons. The predicted molar refractivity (Wildman–Crippen MR) is 137 cm³/mol. The summed E-state index contributed by atoms with van der Waals surface area (Å²) in [6, 6.07) is 18.6. The van der Waals surface area contributed by atoms with Gasteiger partial charge in [0.15, 0.2) is 0 Å². The van der Waals surface area contributed by atoms with E-state index in [2.05, 4.69) is 59.5 Å². The molecule has 1 saturated heterocycles. The highest BCUT2D eigenvalue weighted by molar-refractivity contribution is 5.86. The third-order valence-corrected chi connectivity index (χ3v) is 7.80. The van der Waals surface area contributed by atoms with Crippen LogP contribution >= 0.6 is 0 Å². The summed E-state index contributed by atoms with van der Waals surface area (Å²) in [4.78, 5) is 2.39. The van der Waals surface area contributed by atoms with Crippen LogP contribution in [-0.2, 0) is 12.8 Å². The van der Waals surface area contributed by atoms with Crippen LogP contribution in [0.5, 0.6) is 0 Å². The lowest BCUT2D eigenvalue weighted by atomic mass is 9.85. The zero-order valence-corrected chi connectivity index (χ0v) is 20.0. The second-order valence-corrected chi connectivity index (χ2v) is 10.3. The first-order valence-electron chi connectivity index (χ1n) is 13.2. The molecular weight excluding hydrogens is 405 g/mol. The summed E-state index contributed by atoms with van der Waals surface area (Å²) in [5.41, 5.74) is 10.5. The fraction of sp³-hybridized carbons (Fsp3) is 0.484. The van der Waals surface area contributed by atoms with Crippen molar-refractivity contribution in [1.82, 2.24) is 4.90 Å². The molecule has 2 heteroatoms. The molecule has 2 aliphatic carbocycles. The van der Waals surface area contributed by atoms with Crippen LogP contribution in [0.3, 0.4) is 0 Å². The van der Waals surface area contributed by atoms with Crippen molar-refractivity contribution in [3.63, 3.8) is 0 Å². The van der Waals surface area contributed by atoms with E-state index < -0.39 is 0 Å². The SMILES string of the molecule is FCCCN1CC(Cc2ccc(C3=C(C4=CCCCCC4)CCCc4ccccc43)cc2)C1. The first kappa shape index (κ1) is 22.6. The van der Waals surface area contributed by atoms with Gasteiger partial charge in [-0.25, -0.2) is 0 Å². The van der Waals surface area contributed by atoms with Crippen molar-refractivity contribution in [2.45, 2.75) is 64.2 Å². The lowest BCUT2D eigenvalue weighted by Crippen LogP contribution is -2.47. The molecule has 0 N–H and O–H groups in total. The largest absolute Gasteiger partial charge is 0.303 e. The normalized spacial score (nSPS) is 20.0. The van der Waals surface area contributed by atoms with Gasteiger partial charge >= 0.3 is 0 Å². The Hall–Kier alpha value is -2.19. The molecule has 0 unspecified atom stereocenters. The van der Waals surface area contributed by atoms with Gasteiger partial charge in [0.25, 0.3) is 0 Å². The molecule has 1 fully saturated rings. The van der Waals surface area contributed by atoms with Gasteiger partial charge in [-0.3, -0.25) is 4.39 Å². The molecule has 0 amide bonds. The fourth-order valence-corrected chi connectivity index (χ4v) is 6.08. The first-order chi connectivity index (χ1) is 16.3. The van der Waals surface area contributed by atoms with Gasteiger partial charge < -0.3 is 4.90 Å². The van der Waals surface area contributed by atoms with Gasteiger partial charge in [0, 0.05) is 19.6 Å². The van der Waals surface area contributed by atoms with E-state index >= 15 is 0 Å². The monoisotopic (exact) mass is 443 g/mol. The molecule has 0 spiro atoms. The van der Waals surface area contributed by atoms with Gasteiger partial charge in [-0.1, -0.05) is 61.0 Å². The number of fused-ring (bicyclic) bond motifs is 1. The molecule has 5 rings (SSSR count). The van der Waals surface area contributed by atoms with Gasteiger partial charge in [-0.15, -0.1) is 0 Å². The Morgan fingerprint density at radius 1 is 0.848 bits per heavy atom. The van der Waals surface area contributed by atoms with E-state index in [1.165, 1.54) is 79.2 Å². The number of benzene rings is 2. The standard InChI is InChI=1S/C31H38FN/c32-19-8-20-33-22-25(23-33)21-24-15-17-28(18-16-24)31-29-13-6-5-11-27(29)12-7-14-30(31)26-9-3-1-2-4-10-26/h5-6,9,11,13,15-18,25H,1-4,7-8,10,12,14,19-23H2. The number of halogens is 1. The van der Waals surface area contributed by atoms with Gasteiger partial charge in [-0.05, 0) is 103 Å². The van der Waals surface area contributed by atoms with Crippen molar-refractivity contribution < 1.29 is 4.39 Å². The van der Waals surface area contributed by atoms with Crippen LogP contribution in [0.15, 0.2) is 65.8 Å². The lowest BCUT2D eigenvalue weighted by molar-refractivity contribution is 0.0968. The molecule has 3 aliphatic rings. The maximum absolute atomic E-state index is 12.4. The Morgan fingerprint density at radius 3 is 2.55 bits per heavy atom. The number of alkyl halides is 1. The zero-order chi connectivity index (χ0) is 22.5. The molecular formula is C31H38FN. The number of hydrogen-bond donors (Lipinski definition) is 0. The number of nitrogens with zero attached hydrogens (tertiary/aromatic N) is 1. The Labute approximate surface area is 199 Å². The smallest absolute Gasteiger partial charge is 0.0906 e. The minimum absolute atomic E-state index is 0.194. The number of allylic oxidation sites excluding steroid dienone is 3. The van der Waals surface area contributed by atoms with E-state index in [1.807, 2.05) is 0 Å². The van der Waals surface area contributed by atoms with Gasteiger partial charge in [-0.2, -0.15) is 0 Å². The quantitative estimate of drug-likeness (QED) is 0.427. The summed E-state index contributed by atoms with van der Waals surface area (Å²) in [6.45, 7) is 2.97. The molecule has 0 atom stereocenters. The lowest BCUT2D eigenvalue weighted by Gasteiger charge is -2.39. The second kappa shape index (κ2) is 10.8. The van der Waals surface area contributed by atoms with E-state index in [4.69, 9.17) is 0 Å². The van der Waals surface area contributed by atoms with Crippen LogP contribution in [0.1, 0.15) is 73.6 Å². The van der Waals surface area contributed by atoms with Crippen molar-refractivity contribution in [2.24, 2.45) is 5.92 Å². The number of rotatable bonds is 7. The maximum atomic E-state index is 12.4. The molecule has 1 aliphatic heterocycles. The zero-order valence-electron chi connectivity index (χ0n) is 20.0. The summed E-state index contributed by atoms with van der Waals surface area (Å²) in [5.74, 6) is 0.722. The fourth-order valence-electron chi connectivity index (χ4n) is 6.08.